The van der Waals surface area contributed by atoms with Gasteiger partial charge in [0.15, 0.2) is 0 Å². The number of hydrogen-bond donors (Lipinski definition) is 1. The molecule has 0 radical (unpaired) electrons. The van der Waals surface area contributed by atoms with E-state index in [4.69, 9.17) is 0 Å². The van der Waals surface area contributed by atoms with Crippen molar-refractivity contribution in [1.82, 2.24) is 5.32 Å². The number of nitrogens with one attached hydrogen (secondary N) is 1. The first-order chi connectivity index (χ1) is 8.50. The molecule has 5 heteroatoms. The summed E-state index contributed by atoms with van der Waals surface area (Å²) in [5.74, 6) is -0.148. The average molecular weight is 273 g/mol. The summed E-state index contributed by atoms with van der Waals surface area (Å²) in [6, 6.07) is 6.54. The minimum absolute atomic E-state index is 0.101. The minimum Gasteiger partial charge on any atom is -0.319 e. The van der Waals surface area contributed by atoms with Crippen LogP contribution in [0.15, 0.2) is 24.3 Å². The minimum atomic E-state index is -3.00. The molecule has 0 aliphatic heterocycles. The van der Waals surface area contributed by atoms with Crippen LogP contribution in [-0.2, 0) is 9.84 Å². The van der Waals surface area contributed by atoms with Crippen molar-refractivity contribution in [1.29, 1.82) is 0 Å². The van der Waals surface area contributed by atoms with Crippen molar-refractivity contribution < 1.29 is 12.8 Å². The van der Waals surface area contributed by atoms with Crippen LogP contribution < -0.4 is 5.32 Å². The molecule has 3 nitrogen and oxygen atoms in total. The second-order valence-corrected chi connectivity index (χ2v) is 6.77. The van der Waals surface area contributed by atoms with Gasteiger partial charge in [0.2, 0.25) is 0 Å². The number of halogens is 1. The first-order valence-electron chi connectivity index (χ1n) is 6.09. The van der Waals surface area contributed by atoms with E-state index in [0.717, 1.165) is 0 Å². The zero-order valence-electron chi connectivity index (χ0n) is 10.8. The van der Waals surface area contributed by atoms with E-state index in [1.165, 1.54) is 6.07 Å². The molecule has 0 aliphatic carbocycles. The van der Waals surface area contributed by atoms with Crippen LogP contribution in [0.1, 0.15) is 24.8 Å². The van der Waals surface area contributed by atoms with Crippen molar-refractivity contribution in [2.75, 3.05) is 25.1 Å². The molecule has 0 spiro atoms. The lowest BCUT2D eigenvalue weighted by Gasteiger charge is -2.17. The predicted octanol–water partition coefficient (Wildman–Crippen LogP) is 1.95. The summed E-state index contributed by atoms with van der Waals surface area (Å²) in [7, 11) is -1.22. The Morgan fingerprint density at radius 2 is 2.00 bits per heavy atom. The molecule has 102 valence electrons. The summed E-state index contributed by atoms with van der Waals surface area (Å²) in [5, 5.41) is 2.99. The summed E-state index contributed by atoms with van der Waals surface area (Å²) >= 11 is 0. The molecule has 0 aromatic heterocycles. The maximum atomic E-state index is 13.7. The van der Waals surface area contributed by atoms with Crippen molar-refractivity contribution in [3.8, 4) is 0 Å². The third-order valence-corrected chi connectivity index (χ3v) is 4.75. The molecule has 1 aromatic carbocycles. The molecule has 0 heterocycles. The van der Waals surface area contributed by atoms with Crippen LogP contribution in [0.5, 0.6) is 0 Å². The quantitative estimate of drug-likeness (QED) is 0.826. The highest BCUT2D eigenvalue weighted by Crippen LogP contribution is 2.22. The topological polar surface area (TPSA) is 46.2 Å². The van der Waals surface area contributed by atoms with Gasteiger partial charge in [0.05, 0.1) is 5.75 Å². The summed E-state index contributed by atoms with van der Waals surface area (Å²) in [6.45, 7) is 2.20. The molecule has 1 rings (SSSR count). The van der Waals surface area contributed by atoms with E-state index < -0.39 is 9.84 Å². The van der Waals surface area contributed by atoms with Gasteiger partial charge in [0, 0.05) is 18.2 Å². The van der Waals surface area contributed by atoms with Gasteiger partial charge < -0.3 is 5.32 Å². The molecular weight excluding hydrogens is 253 g/mol. The van der Waals surface area contributed by atoms with Crippen molar-refractivity contribution in [2.45, 2.75) is 19.3 Å². The maximum Gasteiger partial charge on any atom is 0.150 e. The lowest BCUT2D eigenvalue weighted by atomic mass is 9.96. The third kappa shape index (κ3) is 4.38. The molecule has 18 heavy (non-hydrogen) atoms. The molecule has 1 atom stereocenters. The van der Waals surface area contributed by atoms with Gasteiger partial charge in [0.1, 0.15) is 15.7 Å². The Balaban J connectivity index is 2.81. The van der Waals surface area contributed by atoms with Crippen LogP contribution in [0.3, 0.4) is 0 Å². The molecule has 0 amide bonds. The van der Waals surface area contributed by atoms with Crippen LogP contribution >= 0.6 is 0 Å². The maximum absolute atomic E-state index is 13.7. The first-order valence-corrected chi connectivity index (χ1v) is 7.91. The highest BCUT2D eigenvalue weighted by atomic mass is 32.2. The largest absolute Gasteiger partial charge is 0.319 e. The Labute approximate surface area is 108 Å². The van der Waals surface area contributed by atoms with Crippen LogP contribution in [0.2, 0.25) is 0 Å². The number of likely N-dealkylation sites (N-methyl/N-ethyl adjacent to an activating group) is 1. The summed E-state index contributed by atoms with van der Waals surface area (Å²) in [6.07, 6.45) is 0.442. The summed E-state index contributed by atoms with van der Waals surface area (Å²) < 4.78 is 36.7. The predicted molar refractivity (Wildman–Crippen MR) is 72.0 cm³/mol. The monoisotopic (exact) mass is 273 g/mol. The van der Waals surface area contributed by atoms with Crippen molar-refractivity contribution >= 4 is 9.84 Å². The smallest absolute Gasteiger partial charge is 0.150 e. The fourth-order valence-corrected chi connectivity index (χ4v) is 2.82. The van der Waals surface area contributed by atoms with E-state index in [2.05, 4.69) is 5.32 Å². The molecule has 0 bridgehead atoms. The number of hydrogen-bond acceptors (Lipinski definition) is 3. The van der Waals surface area contributed by atoms with Crippen molar-refractivity contribution in [2.24, 2.45) is 0 Å². The second-order valence-electron chi connectivity index (χ2n) is 4.30. The van der Waals surface area contributed by atoms with Crippen LogP contribution in [0.25, 0.3) is 0 Å². The van der Waals surface area contributed by atoms with E-state index in [1.54, 1.807) is 32.2 Å². The average Bonchev–Trinajstić information content (AvgIpc) is 2.35. The molecule has 1 aromatic rings. The lowest BCUT2D eigenvalue weighted by molar-refractivity contribution is 0.542. The fraction of sp³-hybridized carbons (Fsp3) is 0.538. The van der Waals surface area contributed by atoms with Gasteiger partial charge in [-0.2, -0.15) is 0 Å². The fourth-order valence-electron chi connectivity index (χ4n) is 1.89. The van der Waals surface area contributed by atoms with Crippen molar-refractivity contribution in [3.63, 3.8) is 0 Å². The Morgan fingerprint density at radius 1 is 1.33 bits per heavy atom. The molecule has 0 aliphatic rings. The van der Waals surface area contributed by atoms with Gasteiger partial charge >= 0.3 is 0 Å². The SMILES string of the molecule is CCS(=O)(=O)CCC(CNC)c1ccccc1F. The number of sulfone groups is 1. The van der Waals surface area contributed by atoms with E-state index in [0.29, 0.717) is 18.5 Å². The Bertz CT molecular complexity index is 474. The van der Waals surface area contributed by atoms with E-state index in [-0.39, 0.29) is 23.2 Å². The van der Waals surface area contributed by atoms with E-state index in [1.807, 2.05) is 0 Å². The van der Waals surface area contributed by atoms with Crippen LogP contribution in [0.4, 0.5) is 4.39 Å². The highest BCUT2D eigenvalue weighted by molar-refractivity contribution is 7.91. The van der Waals surface area contributed by atoms with Gasteiger partial charge in [-0.3, -0.25) is 0 Å². The highest BCUT2D eigenvalue weighted by Gasteiger charge is 2.18. The second kappa shape index (κ2) is 6.85. The van der Waals surface area contributed by atoms with Gasteiger partial charge in [-0.05, 0) is 25.1 Å². The molecule has 1 unspecified atom stereocenters. The molecule has 0 saturated heterocycles. The lowest BCUT2D eigenvalue weighted by Crippen LogP contribution is -2.21. The van der Waals surface area contributed by atoms with Crippen LogP contribution in [-0.4, -0.2) is 33.5 Å². The standard InChI is InChI=1S/C13H20FNO2S/c1-3-18(16,17)9-8-11(10-15-2)12-6-4-5-7-13(12)14/h4-7,11,15H,3,8-10H2,1-2H3. The summed E-state index contributed by atoms with van der Waals surface area (Å²) in [5.41, 5.74) is 0.582. The number of rotatable bonds is 7. The number of benzene rings is 1. The van der Waals surface area contributed by atoms with Crippen LogP contribution in [0, 0.1) is 5.82 Å². The van der Waals surface area contributed by atoms with Gasteiger partial charge in [0.25, 0.3) is 0 Å². The third-order valence-electron chi connectivity index (χ3n) is 3.01. The van der Waals surface area contributed by atoms with Gasteiger partial charge in [-0.1, -0.05) is 25.1 Å². The molecule has 1 N–H and O–H groups in total. The Kier molecular flexibility index (Phi) is 5.75. The summed E-state index contributed by atoms with van der Waals surface area (Å²) in [4.78, 5) is 0. The molecular formula is C13H20FNO2S. The Morgan fingerprint density at radius 3 is 2.56 bits per heavy atom. The van der Waals surface area contributed by atoms with E-state index >= 15 is 0 Å². The van der Waals surface area contributed by atoms with Crippen molar-refractivity contribution in [3.05, 3.63) is 35.6 Å². The normalized spacial score (nSPS) is 13.5. The first kappa shape index (κ1) is 15.1. The zero-order valence-corrected chi connectivity index (χ0v) is 11.6. The zero-order chi connectivity index (χ0) is 13.6. The molecule has 0 saturated carbocycles. The van der Waals surface area contributed by atoms with Gasteiger partial charge in [-0.15, -0.1) is 0 Å². The Hall–Kier alpha value is -0.940. The molecule has 0 fully saturated rings. The van der Waals surface area contributed by atoms with Gasteiger partial charge in [-0.25, -0.2) is 12.8 Å². The van der Waals surface area contributed by atoms with E-state index in [9.17, 15) is 12.8 Å².